The topological polar surface area (TPSA) is 54.5 Å². The third-order valence-corrected chi connectivity index (χ3v) is 2.98. The summed E-state index contributed by atoms with van der Waals surface area (Å²) in [6.07, 6.45) is 0. The molecule has 0 unspecified atom stereocenters. The number of nitrogens with one attached hydrogen (secondary N) is 1. The van der Waals surface area contributed by atoms with Crippen molar-refractivity contribution in [2.45, 2.75) is 0 Å². The standard InChI is InChI=1S/C13H8ClFN4/c14-10-4-1-8(2-5-10)9-3-6-11(12(15)7-9)13-16-18-19-17-13/h1-7H,(H,16,17,18,19). The molecular formula is C13H8ClFN4. The lowest BCUT2D eigenvalue weighted by molar-refractivity contribution is 0.630. The van der Waals surface area contributed by atoms with Crippen LogP contribution in [-0.2, 0) is 0 Å². The third kappa shape index (κ3) is 2.32. The van der Waals surface area contributed by atoms with Crippen LogP contribution in [0, 0.1) is 5.82 Å². The fourth-order valence-corrected chi connectivity index (χ4v) is 1.92. The van der Waals surface area contributed by atoms with Crippen molar-refractivity contribution in [3.63, 3.8) is 0 Å². The molecule has 94 valence electrons. The van der Waals surface area contributed by atoms with Gasteiger partial charge in [0.2, 0.25) is 5.82 Å². The van der Waals surface area contributed by atoms with Gasteiger partial charge in [-0.15, -0.1) is 10.2 Å². The van der Waals surface area contributed by atoms with Gasteiger partial charge in [0, 0.05) is 5.02 Å². The summed E-state index contributed by atoms with van der Waals surface area (Å²) in [6.45, 7) is 0. The van der Waals surface area contributed by atoms with Crippen molar-refractivity contribution in [1.29, 1.82) is 0 Å². The highest BCUT2D eigenvalue weighted by Gasteiger charge is 2.10. The summed E-state index contributed by atoms with van der Waals surface area (Å²) in [5.41, 5.74) is 1.97. The molecule has 0 atom stereocenters. The number of aromatic amines is 1. The zero-order valence-corrected chi connectivity index (χ0v) is 10.4. The summed E-state index contributed by atoms with van der Waals surface area (Å²) < 4.78 is 14.0. The van der Waals surface area contributed by atoms with Crippen LogP contribution in [0.3, 0.4) is 0 Å². The lowest BCUT2D eigenvalue weighted by Crippen LogP contribution is -1.88. The number of rotatable bonds is 2. The number of aromatic nitrogens is 4. The second-order valence-corrected chi connectivity index (χ2v) is 4.37. The summed E-state index contributed by atoms with van der Waals surface area (Å²) in [5, 5.41) is 13.9. The van der Waals surface area contributed by atoms with E-state index >= 15 is 0 Å². The molecule has 3 aromatic rings. The fraction of sp³-hybridized carbons (Fsp3) is 0. The maximum atomic E-state index is 14.0. The van der Waals surface area contributed by atoms with Gasteiger partial charge >= 0.3 is 0 Å². The van der Waals surface area contributed by atoms with Crippen LogP contribution in [0.25, 0.3) is 22.5 Å². The molecule has 0 aliphatic heterocycles. The zero-order valence-electron chi connectivity index (χ0n) is 9.64. The number of nitrogens with zero attached hydrogens (tertiary/aromatic N) is 3. The third-order valence-electron chi connectivity index (χ3n) is 2.73. The molecule has 1 N–H and O–H groups in total. The minimum atomic E-state index is -0.395. The maximum Gasteiger partial charge on any atom is 0.207 e. The van der Waals surface area contributed by atoms with E-state index in [-0.39, 0.29) is 5.82 Å². The van der Waals surface area contributed by atoms with Crippen LogP contribution in [0.5, 0.6) is 0 Å². The van der Waals surface area contributed by atoms with Crippen LogP contribution in [0.4, 0.5) is 4.39 Å². The Morgan fingerprint density at radius 3 is 2.37 bits per heavy atom. The molecule has 0 aliphatic rings. The molecule has 0 radical (unpaired) electrons. The summed E-state index contributed by atoms with van der Waals surface area (Å²) in [5.74, 6) is -0.158. The van der Waals surface area contributed by atoms with E-state index in [9.17, 15) is 4.39 Å². The molecule has 19 heavy (non-hydrogen) atoms. The Morgan fingerprint density at radius 1 is 1.00 bits per heavy atom. The molecule has 1 heterocycles. The SMILES string of the molecule is Fc1cc(-c2ccc(Cl)cc2)ccc1-c1nn[nH]n1. The highest BCUT2D eigenvalue weighted by Crippen LogP contribution is 2.26. The molecule has 0 saturated carbocycles. The monoisotopic (exact) mass is 274 g/mol. The predicted molar refractivity (Wildman–Crippen MR) is 70.0 cm³/mol. The Labute approximate surface area is 113 Å². The first-order valence-corrected chi connectivity index (χ1v) is 5.91. The fourth-order valence-electron chi connectivity index (χ4n) is 1.79. The lowest BCUT2D eigenvalue weighted by atomic mass is 10.0. The van der Waals surface area contributed by atoms with Crippen molar-refractivity contribution in [2.75, 3.05) is 0 Å². The molecule has 6 heteroatoms. The molecule has 0 bridgehead atoms. The average molecular weight is 275 g/mol. The molecular weight excluding hydrogens is 267 g/mol. The molecule has 0 saturated heterocycles. The number of benzene rings is 2. The minimum Gasteiger partial charge on any atom is -0.206 e. The Hall–Kier alpha value is -2.27. The Balaban J connectivity index is 2.02. The zero-order chi connectivity index (χ0) is 13.2. The molecule has 3 rings (SSSR count). The summed E-state index contributed by atoms with van der Waals surface area (Å²) in [4.78, 5) is 0. The van der Waals surface area contributed by atoms with E-state index in [1.54, 1.807) is 24.3 Å². The molecule has 4 nitrogen and oxygen atoms in total. The first kappa shape index (κ1) is 11.8. The van der Waals surface area contributed by atoms with Gasteiger partial charge in [0.25, 0.3) is 0 Å². The molecule has 0 amide bonds. The van der Waals surface area contributed by atoms with Crippen LogP contribution in [0.2, 0.25) is 5.02 Å². The smallest absolute Gasteiger partial charge is 0.206 e. The van der Waals surface area contributed by atoms with Gasteiger partial charge < -0.3 is 0 Å². The van der Waals surface area contributed by atoms with Crippen molar-refractivity contribution in [1.82, 2.24) is 20.6 Å². The van der Waals surface area contributed by atoms with E-state index in [0.29, 0.717) is 10.6 Å². The van der Waals surface area contributed by atoms with Gasteiger partial charge in [-0.3, -0.25) is 0 Å². The van der Waals surface area contributed by atoms with E-state index in [1.807, 2.05) is 12.1 Å². The molecule has 1 aromatic heterocycles. The number of H-pyrrole nitrogens is 1. The van der Waals surface area contributed by atoms with E-state index in [4.69, 9.17) is 11.6 Å². The van der Waals surface area contributed by atoms with Crippen molar-refractivity contribution >= 4 is 11.6 Å². The van der Waals surface area contributed by atoms with Crippen LogP contribution in [0.15, 0.2) is 42.5 Å². The van der Waals surface area contributed by atoms with Crippen LogP contribution >= 0.6 is 11.6 Å². The molecule has 2 aromatic carbocycles. The summed E-state index contributed by atoms with van der Waals surface area (Å²) in [6, 6.07) is 12.1. The number of hydrogen-bond acceptors (Lipinski definition) is 3. The van der Waals surface area contributed by atoms with Gasteiger partial charge in [0.15, 0.2) is 0 Å². The molecule has 0 spiro atoms. The summed E-state index contributed by atoms with van der Waals surface area (Å²) >= 11 is 5.82. The van der Waals surface area contributed by atoms with Gasteiger partial charge in [0.05, 0.1) is 5.56 Å². The lowest BCUT2D eigenvalue weighted by Gasteiger charge is -2.04. The first-order chi connectivity index (χ1) is 9.24. The Bertz CT molecular complexity index is 695. The van der Waals surface area contributed by atoms with Crippen LogP contribution in [0.1, 0.15) is 0 Å². The second-order valence-electron chi connectivity index (χ2n) is 3.94. The maximum absolute atomic E-state index is 14.0. The van der Waals surface area contributed by atoms with Crippen molar-refractivity contribution in [2.24, 2.45) is 0 Å². The van der Waals surface area contributed by atoms with Gasteiger partial charge in [-0.05, 0) is 40.6 Å². The van der Waals surface area contributed by atoms with Crippen molar-refractivity contribution in [3.05, 3.63) is 53.3 Å². The van der Waals surface area contributed by atoms with Gasteiger partial charge in [-0.1, -0.05) is 29.8 Å². The van der Waals surface area contributed by atoms with Gasteiger partial charge in [-0.25, -0.2) is 4.39 Å². The number of tetrazole rings is 1. The van der Waals surface area contributed by atoms with Crippen molar-refractivity contribution < 1.29 is 4.39 Å². The predicted octanol–water partition coefficient (Wildman–Crippen LogP) is 3.33. The second kappa shape index (κ2) is 4.78. The highest BCUT2D eigenvalue weighted by atomic mass is 35.5. The molecule has 0 aliphatic carbocycles. The van der Waals surface area contributed by atoms with Gasteiger partial charge in [0.1, 0.15) is 5.82 Å². The first-order valence-electron chi connectivity index (χ1n) is 5.53. The largest absolute Gasteiger partial charge is 0.207 e. The average Bonchev–Trinajstić information content (AvgIpc) is 2.93. The normalized spacial score (nSPS) is 10.6. The van der Waals surface area contributed by atoms with E-state index in [1.165, 1.54) is 6.07 Å². The van der Waals surface area contributed by atoms with E-state index in [0.717, 1.165) is 11.1 Å². The van der Waals surface area contributed by atoms with E-state index in [2.05, 4.69) is 20.6 Å². The van der Waals surface area contributed by atoms with Crippen molar-refractivity contribution in [3.8, 4) is 22.5 Å². The number of hydrogen-bond donors (Lipinski definition) is 1. The molecule has 0 fully saturated rings. The Kier molecular flexibility index (Phi) is 2.97. The van der Waals surface area contributed by atoms with E-state index < -0.39 is 5.82 Å². The van der Waals surface area contributed by atoms with Crippen LogP contribution in [-0.4, -0.2) is 20.6 Å². The highest BCUT2D eigenvalue weighted by molar-refractivity contribution is 6.30. The quantitative estimate of drug-likeness (QED) is 0.780. The number of halogens is 2. The van der Waals surface area contributed by atoms with Crippen LogP contribution < -0.4 is 0 Å². The summed E-state index contributed by atoms with van der Waals surface area (Å²) in [7, 11) is 0. The Morgan fingerprint density at radius 2 is 1.74 bits per heavy atom. The minimum absolute atomic E-state index is 0.236. The van der Waals surface area contributed by atoms with Gasteiger partial charge in [-0.2, -0.15) is 5.21 Å².